The first-order valence-corrected chi connectivity index (χ1v) is 11.6. The summed E-state index contributed by atoms with van der Waals surface area (Å²) in [7, 11) is 0. The molecule has 0 radical (unpaired) electrons. The summed E-state index contributed by atoms with van der Waals surface area (Å²) in [4.78, 5) is 12.8. The molecule has 1 saturated heterocycles. The van der Waals surface area contributed by atoms with Crippen molar-refractivity contribution in [2.24, 2.45) is 0 Å². The molecule has 3 heterocycles. The van der Waals surface area contributed by atoms with E-state index >= 15 is 0 Å². The van der Waals surface area contributed by atoms with Crippen LogP contribution in [0, 0.1) is 18.6 Å². The van der Waals surface area contributed by atoms with E-state index in [-0.39, 0.29) is 12.6 Å². The molecule has 0 spiro atoms. The second-order valence-corrected chi connectivity index (χ2v) is 8.39. The molecule has 1 aliphatic heterocycles. The van der Waals surface area contributed by atoms with Crippen molar-refractivity contribution < 1.29 is 13.9 Å². The Labute approximate surface area is 202 Å². The van der Waals surface area contributed by atoms with Crippen LogP contribution in [0.5, 0.6) is 0 Å². The largest absolute Gasteiger partial charge is 0.396 e. The van der Waals surface area contributed by atoms with Gasteiger partial charge in [0.1, 0.15) is 17.5 Å². The summed E-state index contributed by atoms with van der Waals surface area (Å²) in [6.45, 7) is 6.40. The lowest BCUT2D eigenvalue weighted by atomic mass is 10.2. The zero-order valence-corrected chi connectivity index (χ0v) is 19.7. The molecular weight excluding hydrogens is 454 g/mol. The van der Waals surface area contributed by atoms with Crippen LogP contribution >= 0.6 is 0 Å². The number of piperazine rings is 1. The van der Waals surface area contributed by atoms with Crippen LogP contribution in [0.3, 0.4) is 0 Å². The average Bonchev–Trinajstić information content (AvgIpc) is 3.19. The SMILES string of the molecule is Cc1c(/C=C/CN2CCN(c3cc(F)cc(F)c3)CC2)cnn1-c1cc(NCCCO)nc(N)n1. The van der Waals surface area contributed by atoms with Crippen LogP contribution in [0.25, 0.3) is 11.9 Å². The van der Waals surface area contributed by atoms with Gasteiger partial charge in [-0.05, 0) is 25.5 Å². The molecule has 1 aliphatic rings. The minimum Gasteiger partial charge on any atom is -0.396 e. The van der Waals surface area contributed by atoms with E-state index in [0.717, 1.165) is 37.0 Å². The molecule has 0 aliphatic carbocycles. The first-order chi connectivity index (χ1) is 16.9. The molecule has 4 rings (SSSR count). The molecule has 0 bridgehead atoms. The first kappa shape index (κ1) is 24.6. The highest BCUT2D eigenvalue weighted by Crippen LogP contribution is 2.20. The van der Waals surface area contributed by atoms with Gasteiger partial charge >= 0.3 is 0 Å². The topological polar surface area (TPSA) is 108 Å². The van der Waals surface area contributed by atoms with Crippen LogP contribution in [-0.4, -0.2) is 75.6 Å². The normalized spacial score (nSPS) is 14.7. The average molecular weight is 485 g/mol. The fourth-order valence-corrected chi connectivity index (χ4v) is 4.00. The van der Waals surface area contributed by atoms with E-state index in [1.165, 1.54) is 12.1 Å². The molecule has 3 aromatic rings. The summed E-state index contributed by atoms with van der Waals surface area (Å²) in [5.74, 6) is 0.167. The van der Waals surface area contributed by atoms with Gasteiger partial charge in [-0.1, -0.05) is 12.2 Å². The number of hydrogen-bond acceptors (Lipinski definition) is 8. The standard InChI is InChI=1S/C24H30F2N8O/c1-17-18(16-29-34(17)23-15-22(28-5-3-11-35)30-24(27)31-23)4-2-6-32-7-9-33(10-8-32)21-13-19(25)12-20(26)14-21/h2,4,12-16,35H,3,5-11H2,1H3,(H3,27,28,30,31)/b4-2+. The predicted octanol–water partition coefficient (Wildman–Crippen LogP) is 2.46. The highest BCUT2D eigenvalue weighted by Gasteiger charge is 2.17. The summed E-state index contributed by atoms with van der Waals surface area (Å²) in [5.41, 5.74) is 8.33. The molecule has 0 saturated carbocycles. The lowest BCUT2D eigenvalue weighted by Crippen LogP contribution is -2.46. The number of anilines is 3. The van der Waals surface area contributed by atoms with Gasteiger partial charge in [-0.15, -0.1) is 0 Å². The number of aliphatic hydroxyl groups is 1. The van der Waals surface area contributed by atoms with Crippen molar-refractivity contribution >= 4 is 23.5 Å². The van der Waals surface area contributed by atoms with Crippen LogP contribution in [-0.2, 0) is 0 Å². The fraction of sp³-hybridized carbons (Fsp3) is 0.375. The molecular formula is C24H30F2N8O. The van der Waals surface area contributed by atoms with E-state index in [9.17, 15) is 8.78 Å². The molecule has 0 atom stereocenters. The van der Waals surface area contributed by atoms with E-state index in [0.29, 0.717) is 43.4 Å². The number of nitrogens with zero attached hydrogens (tertiary/aromatic N) is 6. The molecule has 2 aromatic heterocycles. The lowest BCUT2D eigenvalue weighted by Gasteiger charge is -2.35. The van der Waals surface area contributed by atoms with E-state index in [1.807, 2.05) is 17.9 Å². The Bertz CT molecular complexity index is 1150. The van der Waals surface area contributed by atoms with Crippen molar-refractivity contribution in [2.75, 3.05) is 61.8 Å². The Hall–Kier alpha value is -3.57. The monoisotopic (exact) mass is 484 g/mol. The van der Waals surface area contributed by atoms with E-state index in [4.69, 9.17) is 10.8 Å². The summed E-state index contributed by atoms with van der Waals surface area (Å²) < 4.78 is 28.7. The Balaban J connectivity index is 1.34. The highest BCUT2D eigenvalue weighted by molar-refractivity contribution is 5.54. The third-order valence-corrected chi connectivity index (χ3v) is 5.88. The molecule has 9 nitrogen and oxygen atoms in total. The second-order valence-electron chi connectivity index (χ2n) is 8.39. The Morgan fingerprint density at radius 3 is 2.54 bits per heavy atom. The Kier molecular flexibility index (Phi) is 7.88. The number of hydrogen-bond donors (Lipinski definition) is 3. The number of benzene rings is 1. The van der Waals surface area contributed by atoms with Crippen molar-refractivity contribution in [1.82, 2.24) is 24.6 Å². The molecule has 35 heavy (non-hydrogen) atoms. The molecule has 0 amide bonds. The van der Waals surface area contributed by atoms with Crippen LogP contribution in [0.1, 0.15) is 17.7 Å². The van der Waals surface area contributed by atoms with Crippen LogP contribution in [0.4, 0.5) is 26.2 Å². The summed E-state index contributed by atoms with van der Waals surface area (Å²) in [6.07, 6.45) is 6.49. The van der Waals surface area contributed by atoms with Crippen molar-refractivity contribution in [3.8, 4) is 5.82 Å². The maximum Gasteiger partial charge on any atom is 0.224 e. The van der Waals surface area contributed by atoms with Crippen molar-refractivity contribution in [3.05, 3.63) is 59.4 Å². The smallest absolute Gasteiger partial charge is 0.224 e. The molecule has 0 unspecified atom stereocenters. The van der Waals surface area contributed by atoms with E-state index < -0.39 is 11.6 Å². The van der Waals surface area contributed by atoms with Gasteiger partial charge < -0.3 is 21.1 Å². The number of halogens is 2. The molecule has 186 valence electrons. The first-order valence-electron chi connectivity index (χ1n) is 11.6. The quantitative estimate of drug-likeness (QED) is 0.398. The van der Waals surface area contributed by atoms with Crippen molar-refractivity contribution in [2.45, 2.75) is 13.3 Å². The van der Waals surface area contributed by atoms with E-state index in [2.05, 4.69) is 31.4 Å². The van der Waals surface area contributed by atoms with Crippen LogP contribution < -0.4 is 16.0 Å². The van der Waals surface area contributed by atoms with Gasteiger partial charge in [0.2, 0.25) is 5.95 Å². The van der Waals surface area contributed by atoms with Crippen LogP contribution in [0.15, 0.2) is 36.5 Å². The minimum absolute atomic E-state index is 0.0943. The summed E-state index contributed by atoms with van der Waals surface area (Å²) >= 11 is 0. The van der Waals surface area contributed by atoms with Gasteiger partial charge in [0.15, 0.2) is 5.82 Å². The lowest BCUT2D eigenvalue weighted by molar-refractivity contribution is 0.284. The molecule has 4 N–H and O–H groups in total. The number of aliphatic hydroxyl groups excluding tert-OH is 1. The number of nitrogens with two attached hydrogens (primary N) is 1. The number of nitrogens with one attached hydrogen (secondary N) is 1. The zero-order chi connectivity index (χ0) is 24.8. The number of aromatic nitrogens is 4. The predicted molar refractivity (Wildman–Crippen MR) is 133 cm³/mol. The van der Waals surface area contributed by atoms with Gasteiger partial charge in [-0.25, -0.2) is 13.5 Å². The fourth-order valence-electron chi connectivity index (χ4n) is 4.00. The molecule has 11 heteroatoms. The molecule has 1 fully saturated rings. The summed E-state index contributed by atoms with van der Waals surface area (Å²) in [5, 5.41) is 16.5. The third-order valence-electron chi connectivity index (χ3n) is 5.88. The van der Waals surface area contributed by atoms with Crippen molar-refractivity contribution in [3.63, 3.8) is 0 Å². The number of nitrogen functional groups attached to an aromatic ring is 1. The minimum atomic E-state index is -0.555. The van der Waals surface area contributed by atoms with Gasteiger partial charge in [0.05, 0.1) is 11.9 Å². The van der Waals surface area contributed by atoms with Crippen LogP contribution in [0.2, 0.25) is 0 Å². The summed E-state index contributed by atoms with van der Waals surface area (Å²) in [6, 6.07) is 5.41. The van der Waals surface area contributed by atoms with Gasteiger partial charge in [-0.3, -0.25) is 4.90 Å². The second kappa shape index (κ2) is 11.2. The van der Waals surface area contributed by atoms with E-state index in [1.54, 1.807) is 16.9 Å². The zero-order valence-electron chi connectivity index (χ0n) is 19.7. The molecule has 1 aromatic carbocycles. The maximum absolute atomic E-state index is 13.5. The van der Waals surface area contributed by atoms with Gasteiger partial charge in [0.25, 0.3) is 0 Å². The number of rotatable bonds is 9. The van der Waals surface area contributed by atoms with Gasteiger partial charge in [-0.2, -0.15) is 15.1 Å². The third kappa shape index (κ3) is 6.31. The van der Waals surface area contributed by atoms with Gasteiger partial charge in [0, 0.05) is 69.3 Å². The van der Waals surface area contributed by atoms with Crippen molar-refractivity contribution in [1.29, 1.82) is 0 Å². The maximum atomic E-state index is 13.5. The highest BCUT2D eigenvalue weighted by atomic mass is 19.1. The Morgan fingerprint density at radius 2 is 1.83 bits per heavy atom. The Morgan fingerprint density at radius 1 is 1.09 bits per heavy atom.